The van der Waals surface area contributed by atoms with E-state index in [2.05, 4.69) is 6.92 Å². The highest BCUT2D eigenvalue weighted by molar-refractivity contribution is 6.38. The molecule has 2 N–H and O–H groups in total. The number of aliphatic hydroxyl groups is 2. The van der Waals surface area contributed by atoms with Crippen LogP contribution >= 0.6 is 0 Å². The first-order valence-corrected chi connectivity index (χ1v) is 20.7. The molecule has 12 nitrogen and oxygen atoms in total. The molecule has 0 spiro atoms. The summed E-state index contributed by atoms with van der Waals surface area (Å²) in [4.78, 5) is 57.7. The van der Waals surface area contributed by atoms with Gasteiger partial charge in [0.05, 0.1) is 30.5 Å². The Hall–Kier alpha value is -2.48. The van der Waals surface area contributed by atoms with Crippen LogP contribution in [0.4, 0.5) is 0 Å². The zero-order valence-corrected chi connectivity index (χ0v) is 34.7. The predicted octanol–water partition coefficient (Wildman–Crippen LogP) is 5.15. The number of piperidine rings is 1. The van der Waals surface area contributed by atoms with Gasteiger partial charge in [-0.05, 0) is 101 Å². The minimum absolute atomic E-state index is 0.0326. The number of nitrogens with zero attached hydrogens (tertiary/aromatic N) is 1. The van der Waals surface area contributed by atoms with Crippen molar-refractivity contribution in [3.63, 3.8) is 0 Å². The Morgan fingerprint density at radius 2 is 1.56 bits per heavy atom. The van der Waals surface area contributed by atoms with Crippen LogP contribution in [0.15, 0.2) is 23.3 Å². The van der Waals surface area contributed by atoms with Crippen LogP contribution in [0.2, 0.25) is 0 Å². The van der Waals surface area contributed by atoms with Gasteiger partial charge in [0.2, 0.25) is 5.78 Å². The molecule has 55 heavy (non-hydrogen) atoms. The van der Waals surface area contributed by atoms with Crippen LogP contribution in [0.1, 0.15) is 112 Å². The number of aliphatic hydroxyl groups excluding tert-OH is 2. The van der Waals surface area contributed by atoms with Crippen molar-refractivity contribution >= 4 is 23.4 Å². The normalized spacial score (nSPS) is 40.7. The summed E-state index contributed by atoms with van der Waals surface area (Å²) >= 11 is 0. The Labute approximate surface area is 328 Å². The van der Waals surface area contributed by atoms with E-state index in [1.165, 1.54) is 4.90 Å². The lowest BCUT2D eigenvalue weighted by Gasteiger charge is -2.43. The quantitative estimate of drug-likeness (QED) is 0.209. The molecule has 0 aromatic rings. The number of cyclic esters (lactones) is 1. The standard InChI is InChI=1S/C43H69NO11/c1-10-30-18-24(2)17-25(3)19-36(52-8)41-37(53-9)21-27(5)40(54-41)38(48)42(49)44-16-12-11-13-31(44)43(50)55-39(28(6)33(46)23-34(30)47)26(4)20-29-14-15-32(45)35(22-29)51-7/h18,20,25,27-33,35-37,39-41,45-46H,10-17,19,21-23H2,1-9H3/b24-18+,26-20+/t25-,27+,28+,29-,30+,31?,32+,33-,35+,36-,37+,39+,40?,41+/m0/s1. The molecule has 4 aliphatic rings. The lowest BCUT2D eigenvalue weighted by Crippen LogP contribution is -2.58. The number of rotatable bonds is 6. The van der Waals surface area contributed by atoms with Crippen molar-refractivity contribution in [2.45, 2.75) is 167 Å². The van der Waals surface area contributed by atoms with Crippen LogP contribution in [-0.2, 0) is 42.9 Å². The number of amides is 1. The zero-order chi connectivity index (χ0) is 40.6. The fourth-order valence-corrected chi connectivity index (χ4v) is 9.40. The third kappa shape index (κ3) is 11.3. The molecule has 12 heteroatoms. The molecule has 0 radical (unpaired) electrons. The summed E-state index contributed by atoms with van der Waals surface area (Å²) in [6, 6.07) is -1.00. The molecule has 2 bridgehead atoms. The topological polar surface area (TPSA) is 158 Å². The van der Waals surface area contributed by atoms with Crippen molar-refractivity contribution in [1.82, 2.24) is 4.90 Å². The molecule has 312 valence electrons. The number of carbonyl (C=O) groups is 4. The molecule has 4 rings (SSSR count). The third-order valence-corrected chi connectivity index (χ3v) is 12.7. The third-order valence-electron chi connectivity index (χ3n) is 12.7. The SMILES string of the molecule is CC[C@@H]1/C=C(\C)C[C@H](C)C[C@H](OC)[C@H]2OC(C(=O)C(=O)N3CCCCC3C(=O)O[C@H](/C(C)=C/[C@@H]3CC[C@@H](O)[C@H](OC)C3)[C@H](C)[C@@H](O)CC1=O)[C@H](C)C[C@H]2OC. The maximum atomic E-state index is 14.3. The van der Waals surface area contributed by atoms with Gasteiger partial charge in [-0.3, -0.25) is 14.4 Å². The van der Waals surface area contributed by atoms with Crippen molar-refractivity contribution < 1.29 is 53.1 Å². The molecule has 1 saturated carbocycles. The summed E-state index contributed by atoms with van der Waals surface area (Å²) < 4.78 is 30.2. The Kier molecular flexibility index (Phi) is 17.1. The molecule has 3 aliphatic heterocycles. The van der Waals surface area contributed by atoms with Gasteiger partial charge >= 0.3 is 5.97 Å². The number of ketones is 2. The largest absolute Gasteiger partial charge is 0.456 e. The second-order valence-electron chi connectivity index (χ2n) is 17.0. The molecule has 0 aromatic carbocycles. The number of methoxy groups -OCH3 is 3. The molecule has 1 amide bonds. The van der Waals surface area contributed by atoms with Crippen LogP contribution in [0.3, 0.4) is 0 Å². The smallest absolute Gasteiger partial charge is 0.329 e. The van der Waals surface area contributed by atoms with E-state index in [0.29, 0.717) is 69.8 Å². The van der Waals surface area contributed by atoms with E-state index in [0.717, 1.165) is 5.57 Å². The number of hydrogen-bond acceptors (Lipinski definition) is 11. The van der Waals surface area contributed by atoms with E-state index in [9.17, 15) is 29.4 Å². The van der Waals surface area contributed by atoms with E-state index >= 15 is 0 Å². The first-order chi connectivity index (χ1) is 26.1. The highest BCUT2D eigenvalue weighted by Gasteiger charge is 2.48. The molecule has 3 fully saturated rings. The van der Waals surface area contributed by atoms with Gasteiger partial charge in [-0.2, -0.15) is 0 Å². The second-order valence-corrected chi connectivity index (χ2v) is 17.0. The van der Waals surface area contributed by atoms with E-state index in [-0.39, 0.29) is 48.7 Å². The van der Waals surface area contributed by atoms with Gasteiger partial charge in [0.15, 0.2) is 0 Å². The number of esters is 1. The van der Waals surface area contributed by atoms with E-state index in [1.807, 2.05) is 39.8 Å². The molecule has 1 aliphatic carbocycles. The Morgan fingerprint density at radius 1 is 0.891 bits per heavy atom. The first kappa shape index (κ1) is 45.2. The summed E-state index contributed by atoms with van der Waals surface area (Å²) in [5, 5.41) is 22.1. The Bertz CT molecular complexity index is 1380. The van der Waals surface area contributed by atoms with E-state index in [4.69, 9.17) is 23.7 Å². The molecule has 14 atom stereocenters. The van der Waals surface area contributed by atoms with Gasteiger partial charge < -0.3 is 38.8 Å². The van der Waals surface area contributed by atoms with Crippen LogP contribution < -0.4 is 0 Å². The molecule has 0 aromatic heterocycles. The lowest BCUT2D eigenvalue weighted by molar-refractivity contribution is -0.199. The summed E-state index contributed by atoms with van der Waals surface area (Å²) in [7, 11) is 4.80. The average Bonchev–Trinajstić information content (AvgIpc) is 3.17. The monoisotopic (exact) mass is 775 g/mol. The number of allylic oxidation sites excluding steroid dienone is 3. The van der Waals surface area contributed by atoms with Crippen LogP contribution in [0.5, 0.6) is 0 Å². The Morgan fingerprint density at radius 3 is 2.22 bits per heavy atom. The fraction of sp³-hybridized carbons (Fsp3) is 0.814. The number of fused-ring (bicyclic) bond motifs is 3. The van der Waals surface area contributed by atoms with Gasteiger partial charge in [0, 0.05) is 46.1 Å². The molecule has 2 saturated heterocycles. The molecular formula is C43H69NO11. The van der Waals surface area contributed by atoms with E-state index in [1.54, 1.807) is 28.3 Å². The molecule has 3 heterocycles. The van der Waals surface area contributed by atoms with E-state index < -0.39 is 72.2 Å². The zero-order valence-electron chi connectivity index (χ0n) is 34.7. The van der Waals surface area contributed by atoms with Crippen LogP contribution in [0, 0.1) is 29.6 Å². The van der Waals surface area contributed by atoms with Crippen molar-refractivity contribution in [3.8, 4) is 0 Å². The highest BCUT2D eigenvalue weighted by atomic mass is 16.6. The summed E-state index contributed by atoms with van der Waals surface area (Å²) in [5.74, 6) is -3.45. The van der Waals surface area contributed by atoms with Crippen LogP contribution in [-0.4, -0.2) is 121 Å². The lowest BCUT2D eigenvalue weighted by atomic mass is 9.81. The Balaban J connectivity index is 1.73. The predicted molar refractivity (Wildman–Crippen MR) is 207 cm³/mol. The van der Waals surface area contributed by atoms with Crippen LogP contribution in [0.25, 0.3) is 0 Å². The average molecular weight is 776 g/mol. The molecule has 2 unspecified atom stereocenters. The van der Waals surface area contributed by atoms with Crippen molar-refractivity contribution in [2.24, 2.45) is 29.6 Å². The van der Waals surface area contributed by atoms with Crippen molar-refractivity contribution in [3.05, 3.63) is 23.3 Å². The van der Waals surface area contributed by atoms with Gasteiger partial charge in [-0.1, -0.05) is 45.4 Å². The van der Waals surface area contributed by atoms with Gasteiger partial charge in [-0.25, -0.2) is 4.79 Å². The summed E-state index contributed by atoms with van der Waals surface area (Å²) in [6.45, 7) is 11.8. The number of hydrogen-bond donors (Lipinski definition) is 2. The number of ether oxygens (including phenoxy) is 5. The fourth-order valence-electron chi connectivity index (χ4n) is 9.40. The van der Waals surface area contributed by atoms with Gasteiger partial charge in [0.1, 0.15) is 30.1 Å². The van der Waals surface area contributed by atoms with Gasteiger partial charge in [0.25, 0.3) is 5.91 Å². The number of Topliss-reactive ketones (excluding diaryl/α,β-unsaturated/α-hetero) is 2. The number of carbonyl (C=O) groups excluding carboxylic acids is 4. The maximum absolute atomic E-state index is 14.3. The molecular weight excluding hydrogens is 706 g/mol. The second kappa shape index (κ2) is 20.8. The summed E-state index contributed by atoms with van der Waals surface area (Å²) in [5.41, 5.74) is 1.75. The minimum Gasteiger partial charge on any atom is -0.456 e. The first-order valence-electron chi connectivity index (χ1n) is 20.7. The maximum Gasteiger partial charge on any atom is 0.329 e. The van der Waals surface area contributed by atoms with Gasteiger partial charge in [-0.15, -0.1) is 0 Å². The van der Waals surface area contributed by atoms with Crippen molar-refractivity contribution in [1.29, 1.82) is 0 Å². The minimum atomic E-state index is -1.12. The highest BCUT2D eigenvalue weighted by Crippen LogP contribution is 2.35. The summed E-state index contributed by atoms with van der Waals surface area (Å²) in [6.07, 6.45) is 4.38. The van der Waals surface area contributed by atoms with Crippen molar-refractivity contribution in [2.75, 3.05) is 27.9 Å².